The van der Waals surface area contributed by atoms with Crippen LogP contribution in [0.5, 0.6) is 5.75 Å². The number of aromatic nitrogens is 3. The molecule has 2 aromatic heterocycles. The maximum absolute atomic E-state index is 5.46. The summed E-state index contributed by atoms with van der Waals surface area (Å²) in [6.07, 6.45) is 3.70. The molecule has 1 saturated heterocycles. The van der Waals surface area contributed by atoms with Crippen molar-refractivity contribution in [3.8, 4) is 16.5 Å². The minimum absolute atomic E-state index is 0.543. The zero-order chi connectivity index (χ0) is 19.5. The van der Waals surface area contributed by atoms with Gasteiger partial charge in [-0.25, -0.2) is 15.0 Å². The van der Waals surface area contributed by atoms with Crippen LogP contribution in [0, 0.1) is 13.8 Å². The van der Waals surface area contributed by atoms with Gasteiger partial charge in [0.25, 0.3) is 0 Å². The number of anilines is 3. The van der Waals surface area contributed by atoms with Crippen LogP contribution in [-0.4, -0.2) is 48.2 Å². The van der Waals surface area contributed by atoms with Crippen molar-refractivity contribution in [3.63, 3.8) is 0 Å². The second kappa shape index (κ2) is 8.12. The van der Waals surface area contributed by atoms with E-state index in [0.29, 0.717) is 5.95 Å². The number of aryl methyl sites for hydroxylation is 1. The number of methoxy groups -OCH3 is 1. The molecule has 0 bridgehead atoms. The van der Waals surface area contributed by atoms with Gasteiger partial charge in [0.15, 0.2) is 0 Å². The third-order valence-corrected chi connectivity index (χ3v) is 5.97. The molecule has 8 heteroatoms. The van der Waals surface area contributed by atoms with Crippen LogP contribution in [0.15, 0.2) is 30.6 Å². The second-order valence-corrected chi connectivity index (χ2v) is 7.76. The van der Waals surface area contributed by atoms with E-state index in [1.54, 1.807) is 24.6 Å². The summed E-state index contributed by atoms with van der Waals surface area (Å²) in [6, 6.07) is 5.93. The molecule has 0 atom stereocenters. The van der Waals surface area contributed by atoms with Crippen LogP contribution >= 0.6 is 11.3 Å². The zero-order valence-electron chi connectivity index (χ0n) is 16.3. The van der Waals surface area contributed by atoms with E-state index in [0.717, 1.165) is 59.4 Å². The zero-order valence-corrected chi connectivity index (χ0v) is 17.1. The Morgan fingerprint density at radius 1 is 1.18 bits per heavy atom. The largest absolute Gasteiger partial charge is 0.496 e. The fraction of sp³-hybridized carbons (Fsp3) is 0.350. The first-order valence-corrected chi connectivity index (χ1v) is 10.1. The molecule has 0 amide bonds. The van der Waals surface area contributed by atoms with Gasteiger partial charge in [0.1, 0.15) is 21.5 Å². The minimum atomic E-state index is 0.543. The molecule has 1 aliphatic rings. The molecule has 0 spiro atoms. The Morgan fingerprint density at radius 2 is 2.00 bits per heavy atom. The highest BCUT2D eigenvalue weighted by Crippen LogP contribution is 2.31. The van der Waals surface area contributed by atoms with E-state index in [1.807, 2.05) is 25.3 Å². The van der Waals surface area contributed by atoms with Crippen LogP contribution in [0.4, 0.5) is 16.6 Å². The first kappa shape index (κ1) is 18.6. The van der Waals surface area contributed by atoms with Crippen molar-refractivity contribution >= 4 is 28.0 Å². The molecule has 28 heavy (non-hydrogen) atoms. The van der Waals surface area contributed by atoms with Crippen molar-refractivity contribution in [2.75, 3.05) is 43.5 Å². The molecule has 4 rings (SSSR count). The molecule has 146 valence electrons. The lowest BCUT2D eigenvalue weighted by Gasteiger charge is -2.27. The van der Waals surface area contributed by atoms with Gasteiger partial charge in [0.2, 0.25) is 5.95 Å². The highest BCUT2D eigenvalue weighted by molar-refractivity contribution is 7.18. The fourth-order valence-corrected chi connectivity index (χ4v) is 4.13. The van der Waals surface area contributed by atoms with Crippen LogP contribution in [0.3, 0.4) is 0 Å². The van der Waals surface area contributed by atoms with E-state index in [9.17, 15) is 0 Å². The Morgan fingerprint density at radius 3 is 2.79 bits per heavy atom. The van der Waals surface area contributed by atoms with Gasteiger partial charge in [-0.2, -0.15) is 0 Å². The smallest absolute Gasteiger partial charge is 0.227 e. The van der Waals surface area contributed by atoms with Gasteiger partial charge in [-0.3, -0.25) is 0 Å². The van der Waals surface area contributed by atoms with Gasteiger partial charge < -0.3 is 20.3 Å². The summed E-state index contributed by atoms with van der Waals surface area (Å²) in [4.78, 5) is 16.0. The Balaban J connectivity index is 1.55. The van der Waals surface area contributed by atoms with Gasteiger partial charge in [-0.1, -0.05) is 11.3 Å². The molecular formula is C20H24N6OS. The summed E-state index contributed by atoms with van der Waals surface area (Å²) in [7, 11) is 1.68. The minimum Gasteiger partial charge on any atom is -0.496 e. The Bertz CT molecular complexity index is 967. The second-order valence-electron chi connectivity index (χ2n) is 6.75. The van der Waals surface area contributed by atoms with Crippen LogP contribution in [0.25, 0.3) is 10.7 Å². The summed E-state index contributed by atoms with van der Waals surface area (Å²) < 4.78 is 5.46. The molecule has 0 aliphatic carbocycles. The first-order valence-electron chi connectivity index (χ1n) is 9.31. The highest BCUT2D eigenvalue weighted by Gasteiger charge is 2.15. The number of piperazine rings is 1. The maximum atomic E-state index is 5.46. The predicted octanol–water partition coefficient (Wildman–Crippen LogP) is 3.38. The predicted molar refractivity (Wildman–Crippen MR) is 114 cm³/mol. The van der Waals surface area contributed by atoms with Crippen LogP contribution in [-0.2, 0) is 0 Å². The summed E-state index contributed by atoms with van der Waals surface area (Å²) >= 11 is 1.67. The van der Waals surface area contributed by atoms with Crippen molar-refractivity contribution in [1.29, 1.82) is 0 Å². The lowest BCUT2D eigenvalue weighted by Crippen LogP contribution is -2.43. The van der Waals surface area contributed by atoms with Crippen LogP contribution in [0.2, 0.25) is 0 Å². The van der Waals surface area contributed by atoms with Gasteiger partial charge >= 0.3 is 0 Å². The third-order valence-electron chi connectivity index (χ3n) is 4.89. The molecule has 0 radical (unpaired) electrons. The summed E-state index contributed by atoms with van der Waals surface area (Å²) in [5.74, 6) is 1.39. The van der Waals surface area contributed by atoms with E-state index in [1.165, 1.54) is 5.00 Å². The maximum Gasteiger partial charge on any atom is 0.227 e. The number of ether oxygens (including phenoxy) is 1. The highest BCUT2D eigenvalue weighted by atomic mass is 32.1. The molecule has 3 aromatic rings. The first-order chi connectivity index (χ1) is 13.6. The lowest BCUT2D eigenvalue weighted by molar-refractivity contribution is 0.411. The lowest BCUT2D eigenvalue weighted by atomic mass is 10.1. The van der Waals surface area contributed by atoms with Gasteiger partial charge in [0.05, 0.1) is 13.3 Å². The van der Waals surface area contributed by atoms with Crippen LogP contribution < -0.4 is 20.3 Å². The monoisotopic (exact) mass is 396 g/mol. The molecule has 2 N–H and O–H groups in total. The van der Waals surface area contributed by atoms with E-state index < -0.39 is 0 Å². The van der Waals surface area contributed by atoms with Crippen molar-refractivity contribution in [2.24, 2.45) is 0 Å². The molecule has 1 aliphatic heterocycles. The number of nitrogens with one attached hydrogen (secondary N) is 2. The molecule has 0 unspecified atom stereocenters. The van der Waals surface area contributed by atoms with Gasteiger partial charge in [0, 0.05) is 44.1 Å². The molecule has 1 aromatic carbocycles. The number of nitrogens with zero attached hydrogens (tertiary/aromatic N) is 4. The SMILES string of the molecule is COc1cc(Nc2nccc(-c3ncc(N4CCNCC4)s3)n2)cc(C)c1C. The van der Waals surface area contributed by atoms with E-state index in [-0.39, 0.29) is 0 Å². The molecular weight excluding hydrogens is 372 g/mol. The van der Waals surface area contributed by atoms with Crippen LogP contribution in [0.1, 0.15) is 11.1 Å². The Kier molecular flexibility index (Phi) is 5.40. The third kappa shape index (κ3) is 3.93. The summed E-state index contributed by atoms with van der Waals surface area (Å²) in [5, 5.41) is 8.74. The number of hydrogen-bond donors (Lipinski definition) is 2. The quantitative estimate of drug-likeness (QED) is 0.685. The number of thiazole rings is 1. The number of benzene rings is 1. The number of hydrogen-bond acceptors (Lipinski definition) is 8. The van der Waals surface area contributed by atoms with E-state index >= 15 is 0 Å². The van der Waals surface area contributed by atoms with Crippen molar-refractivity contribution < 1.29 is 4.74 Å². The molecule has 3 heterocycles. The standard InChI is InChI=1S/C20H24N6OS/c1-13-10-15(11-17(27-3)14(13)2)24-20-22-5-4-16(25-20)19-23-12-18(28-19)26-8-6-21-7-9-26/h4-5,10-12,21H,6-9H2,1-3H3,(H,22,24,25). The topological polar surface area (TPSA) is 75.2 Å². The molecule has 7 nitrogen and oxygen atoms in total. The van der Waals surface area contributed by atoms with Crippen molar-refractivity contribution in [2.45, 2.75) is 13.8 Å². The van der Waals surface area contributed by atoms with E-state index in [2.05, 4.69) is 43.5 Å². The van der Waals surface area contributed by atoms with Crippen molar-refractivity contribution in [3.05, 3.63) is 41.7 Å². The Hall–Kier alpha value is -2.71. The molecule has 1 fully saturated rings. The fourth-order valence-electron chi connectivity index (χ4n) is 3.19. The van der Waals surface area contributed by atoms with E-state index in [4.69, 9.17) is 4.74 Å². The van der Waals surface area contributed by atoms with Gasteiger partial charge in [-0.05, 0) is 37.1 Å². The molecule has 0 saturated carbocycles. The normalized spacial score (nSPS) is 14.2. The van der Waals surface area contributed by atoms with Gasteiger partial charge in [-0.15, -0.1) is 0 Å². The Labute approximate surface area is 168 Å². The summed E-state index contributed by atoms with van der Waals surface area (Å²) in [5.41, 5.74) is 4.00. The number of rotatable bonds is 5. The average molecular weight is 397 g/mol. The summed E-state index contributed by atoms with van der Waals surface area (Å²) in [6.45, 7) is 8.14. The van der Waals surface area contributed by atoms with Crippen molar-refractivity contribution in [1.82, 2.24) is 20.3 Å². The average Bonchev–Trinajstić information content (AvgIpc) is 3.22.